The van der Waals surface area contributed by atoms with Gasteiger partial charge >= 0.3 is 6.18 Å². The van der Waals surface area contributed by atoms with Crippen molar-refractivity contribution in [3.63, 3.8) is 0 Å². The van der Waals surface area contributed by atoms with Crippen LogP contribution in [0.1, 0.15) is 35.4 Å². The Kier molecular flexibility index (Phi) is 2.33. The molecule has 0 atom stereocenters. The average Bonchev–Trinajstić information content (AvgIpc) is 2.98. The molecular formula is C12H11F3. The highest BCUT2D eigenvalue weighted by Crippen LogP contribution is 2.43. The van der Waals surface area contributed by atoms with Crippen molar-refractivity contribution in [3.05, 3.63) is 41.5 Å². The van der Waals surface area contributed by atoms with E-state index in [1.807, 2.05) is 0 Å². The Bertz CT molecular complexity index is 386. The Labute approximate surface area is 86.4 Å². The van der Waals surface area contributed by atoms with Crippen LogP contribution in [0, 0.1) is 0 Å². The van der Waals surface area contributed by atoms with E-state index >= 15 is 0 Å². The van der Waals surface area contributed by atoms with Gasteiger partial charge in [0.2, 0.25) is 0 Å². The fourth-order valence-corrected chi connectivity index (χ4v) is 1.69. The van der Waals surface area contributed by atoms with Crippen molar-refractivity contribution in [3.8, 4) is 0 Å². The Morgan fingerprint density at radius 2 is 1.93 bits per heavy atom. The largest absolute Gasteiger partial charge is 0.416 e. The van der Waals surface area contributed by atoms with Gasteiger partial charge in [0.25, 0.3) is 0 Å². The van der Waals surface area contributed by atoms with Gasteiger partial charge in [-0.25, -0.2) is 0 Å². The molecule has 1 saturated carbocycles. The SMILES string of the molecule is C=Cc1cc(C(F)(F)F)ccc1C1CC1. The van der Waals surface area contributed by atoms with E-state index in [1.54, 1.807) is 6.07 Å². The van der Waals surface area contributed by atoms with Crippen LogP contribution in [0.4, 0.5) is 13.2 Å². The third-order valence-electron chi connectivity index (χ3n) is 2.65. The second-order valence-corrected chi connectivity index (χ2v) is 3.82. The summed E-state index contributed by atoms with van der Waals surface area (Å²) in [5.41, 5.74) is 1.02. The van der Waals surface area contributed by atoms with Gasteiger partial charge in [0, 0.05) is 0 Å². The number of rotatable bonds is 2. The molecule has 80 valence electrons. The lowest BCUT2D eigenvalue weighted by molar-refractivity contribution is -0.137. The van der Waals surface area contributed by atoms with Crippen LogP contribution in [-0.2, 0) is 6.18 Å². The molecule has 0 N–H and O–H groups in total. The molecule has 1 fully saturated rings. The zero-order valence-corrected chi connectivity index (χ0v) is 8.14. The summed E-state index contributed by atoms with van der Waals surface area (Å²) in [7, 11) is 0. The molecule has 0 unspecified atom stereocenters. The quantitative estimate of drug-likeness (QED) is 0.688. The summed E-state index contributed by atoms with van der Waals surface area (Å²) in [5, 5.41) is 0. The maximum absolute atomic E-state index is 12.4. The summed E-state index contributed by atoms with van der Waals surface area (Å²) in [6.45, 7) is 3.56. The van der Waals surface area contributed by atoms with Crippen LogP contribution in [0.2, 0.25) is 0 Å². The standard InChI is InChI=1S/C12H11F3/c1-2-8-7-10(12(13,14)15)5-6-11(8)9-3-4-9/h2,5-7,9H,1,3-4H2. The van der Waals surface area contributed by atoms with E-state index in [0.29, 0.717) is 11.5 Å². The number of hydrogen-bond acceptors (Lipinski definition) is 0. The smallest absolute Gasteiger partial charge is 0.166 e. The molecule has 0 aliphatic heterocycles. The third kappa shape index (κ3) is 2.06. The molecule has 0 radical (unpaired) electrons. The van der Waals surface area contributed by atoms with Crippen molar-refractivity contribution in [2.75, 3.05) is 0 Å². The van der Waals surface area contributed by atoms with Gasteiger partial charge < -0.3 is 0 Å². The Hall–Kier alpha value is -1.25. The van der Waals surface area contributed by atoms with Crippen LogP contribution in [0.3, 0.4) is 0 Å². The first-order chi connectivity index (χ1) is 7.02. The van der Waals surface area contributed by atoms with E-state index in [9.17, 15) is 13.2 Å². The number of alkyl halides is 3. The zero-order chi connectivity index (χ0) is 11.1. The van der Waals surface area contributed by atoms with Crippen molar-refractivity contribution < 1.29 is 13.2 Å². The lowest BCUT2D eigenvalue weighted by atomic mass is 10.00. The zero-order valence-electron chi connectivity index (χ0n) is 8.14. The monoisotopic (exact) mass is 212 g/mol. The lowest BCUT2D eigenvalue weighted by Gasteiger charge is -2.10. The molecule has 2 rings (SSSR count). The summed E-state index contributed by atoms with van der Waals surface area (Å²) in [6.07, 6.45) is -0.610. The average molecular weight is 212 g/mol. The fraction of sp³-hybridized carbons (Fsp3) is 0.333. The molecule has 0 bridgehead atoms. The third-order valence-corrected chi connectivity index (χ3v) is 2.65. The molecule has 1 aromatic carbocycles. The molecule has 0 aromatic heterocycles. The molecule has 0 heterocycles. The van der Waals surface area contributed by atoms with Crippen LogP contribution in [0.5, 0.6) is 0 Å². The molecule has 0 nitrogen and oxygen atoms in total. The minimum atomic E-state index is -4.26. The van der Waals surface area contributed by atoms with Gasteiger partial charge in [-0.2, -0.15) is 13.2 Å². The van der Waals surface area contributed by atoms with E-state index in [-0.39, 0.29) is 0 Å². The minimum absolute atomic E-state index is 0.445. The summed E-state index contributed by atoms with van der Waals surface area (Å²) in [4.78, 5) is 0. The van der Waals surface area contributed by atoms with E-state index in [4.69, 9.17) is 0 Å². The first-order valence-corrected chi connectivity index (χ1v) is 4.86. The van der Waals surface area contributed by atoms with Crippen LogP contribution < -0.4 is 0 Å². The lowest BCUT2D eigenvalue weighted by Crippen LogP contribution is -2.05. The molecule has 0 saturated heterocycles. The fourth-order valence-electron chi connectivity index (χ4n) is 1.69. The molecule has 1 aliphatic carbocycles. The van der Waals surface area contributed by atoms with E-state index in [0.717, 1.165) is 24.5 Å². The molecule has 15 heavy (non-hydrogen) atoms. The number of benzene rings is 1. The number of hydrogen-bond donors (Lipinski definition) is 0. The predicted octanol–water partition coefficient (Wildman–Crippen LogP) is 4.23. The summed E-state index contributed by atoms with van der Waals surface area (Å²) in [5.74, 6) is 0.445. The van der Waals surface area contributed by atoms with E-state index in [2.05, 4.69) is 6.58 Å². The molecular weight excluding hydrogens is 201 g/mol. The van der Waals surface area contributed by atoms with Gasteiger partial charge in [0.05, 0.1) is 5.56 Å². The summed E-state index contributed by atoms with van der Waals surface area (Å²) >= 11 is 0. The van der Waals surface area contributed by atoms with Crippen LogP contribution >= 0.6 is 0 Å². The van der Waals surface area contributed by atoms with Crippen molar-refractivity contribution in [1.82, 2.24) is 0 Å². The molecule has 1 aliphatic rings. The van der Waals surface area contributed by atoms with Crippen molar-refractivity contribution in [1.29, 1.82) is 0 Å². The van der Waals surface area contributed by atoms with Crippen LogP contribution in [-0.4, -0.2) is 0 Å². The predicted molar refractivity (Wildman–Crippen MR) is 53.5 cm³/mol. The first kappa shape index (κ1) is 10.3. The highest BCUT2D eigenvalue weighted by molar-refractivity contribution is 5.55. The minimum Gasteiger partial charge on any atom is -0.166 e. The second kappa shape index (κ2) is 3.40. The highest BCUT2D eigenvalue weighted by Gasteiger charge is 2.32. The molecule has 3 heteroatoms. The second-order valence-electron chi connectivity index (χ2n) is 3.82. The molecule has 1 aromatic rings. The van der Waals surface area contributed by atoms with Gasteiger partial charge in [-0.15, -0.1) is 0 Å². The Morgan fingerprint density at radius 3 is 2.40 bits per heavy atom. The summed E-state index contributed by atoms with van der Waals surface area (Å²) in [6, 6.07) is 3.92. The maximum Gasteiger partial charge on any atom is 0.416 e. The van der Waals surface area contributed by atoms with Crippen LogP contribution in [0.15, 0.2) is 24.8 Å². The van der Waals surface area contributed by atoms with E-state index < -0.39 is 11.7 Å². The maximum atomic E-state index is 12.4. The molecule has 0 amide bonds. The van der Waals surface area contributed by atoms with Crippen molar-refractivity contribution in [2.24, 2.45) is 0 Å². The normalized spacial score (nSPS) is 16.5. The Balaban J connectivity index is 2.42. The molecule has 0 spiro atoms. The Morgan fingerprint density at radius 1 is 1.27 bits per heavy atom. The van der Waals surface area contributed by atoms with E-state index in [1.165, 1.54) is 12.1 Å². The topological polar surface area (TPSA) is 0 Å². The van der Waals surface area contributed by atoms with Gasteiger partial charge in [-0.1, -0.05) is 18.7 Å². The summed E-state index contributed by atoms with van der Waals surface area (Å²) < 4.78 is 37.3. The van der Waals surface area contributed by atoms with Crippen molar-refractivity contribution >= 4 is 6.08 Å². The van der Waals surface area contributed by atoms with Gasteiger partial charge in [-0.05, 0) is 42.0 Å². The van der Waals surface area contributed by atoms with Gasteiger partial charge in [0.15, 0.2) is 0 Å². The highest BCUT2D eigenvalue weighted by atomic mass is 19.4. The van der Waals surface area contributed by atoms with Gasteiger partial charge in [-0.3, -0.25) is 0 Å². The number of halogens is 3. The van der Waals surface area contributed by atoms with Gasteiger partial charge in [0.1, 0.15) is 0 Å². The van der Waals surface area contributed by atoms with Crippen LogP contribution in [0.25, 0.3) is 6.08 Å². The van der Waals surface area contributed by atoms with Crippen molar-refractivity contribution in [2.45, 2.75) is 24.9 Å². The first-order valence-electron chi connectivity index (χ1n) is 4.86.